The van der Waals surface area contributed by atoms with Gasteiger partial charge in [0.1, 0.15) is 6.04 Å². The summed E-state index contributed by atoms with van der Waals surface area (Å²) in [6.45, 7) is 6.53. The summed E-state index contributed by atoms with van der Waals surface area (Å²) < 4.78 is 11.9. The SMILES string of the molecule is CCC(C)C(NCc1c(C)nn(C)c1OC)C(=O)OC. The topological polar surface area (TPSA) is 65.4 Å². The lowest BCUT2D eigenvalue weighted by molar-refractivity contribution is -0.144. The van der Waals surface area contributed by atoms with Gasteiger partial charge in [-0.2, -0.15) is 5.10 Å². The normalized spacial score (nSPS) is 13.9. The van der Waals surface area contributed by atoms with E-state index < -0.39 is 0 Å². The Morgan fingerprint density at radius 2 is 2.10 bits per heavy atom. The van der Waals surface area contributed by atoms with E-state index in [-0.39, 0.29) is 17.9 Å². The molecule has 1 heterocycles. The molecule has 0 radical (unpaired) electrons. The molecule has 0 fully saturated rings. The second kappa shape index (κ2) is 7.28. The van der Waals surface area contributed by atoms with Gasteiger partial charge in [-0.25, -0.2) is 4.68 Å². The number of aromatic nitrogens is 2. The van der Waals surface area contributed by atoms with Gasteiger partial charge in [-0.1, -0.05) is 20.3 Å². The van der Waals surface area contributed by atoms with E-state index in [0.717, 1.165) is 17.7 Å². The number of methoxy groups -OCH3 is 2. The Hall–Kier alpha value is -1.56. The van der Waals surface area contributed by atoms with Crippen LogP contribution >= 0.6 is 0 Å². The number of aryl methyl sites for hydroxylation is 2. The first-order valence-corrected chi connectivity index (χ1v) is 6.83. The van der Waals surface area contributed by atoms with Crippen LogP contribution in [0.1, 0.15) is 31.5 Å². The molecular formula is C14H25N3O3. The quantitative estimate of drug-likeness (QED) is 0.767. The van der Waals surface area contributed by atoms with Gasteiger partial charge in [0.15, 0.2) is 0 Å². The fourth-order valence-electron chi connectivity index (χ4n) is 2.23. The molecule has 114 valence electrons. The van der Waals surface area contributed by atoms with E-state index in [4.69, 9.17) is 9.47 Å². The van der Waals surface area contributed by atoms with Crippen LogP contribution in [-0.4, -0.2) is 36.0 Å². The molecule has 0 aliphatic carbocycles. The second-order valence-corrected chi connectivity index (χ2v) is 4.96. The first kappa shape index (κ1) is 16.5. The van der Waals surface area contributed by atoms with E-state index in [0.29, 0.717) is 12.4 Å². The zero-order valence-corrected chi connectivity index (χ0v) is 13.2. The summed E-state index contributed by atoms with van der Waals surface area (Å²) in [5, 5.41) is 7.58. The summed E-state index contributed by atoms with van der Waals surface area (Å²) in [5.41, 5.74) is 1.86. The highest BCUT2D eigenvalue weighted by Crippen LogP contribution is 2.21. The lowest BCUT2D eigenvalue weighted by Crippen LogP contribution is -2.42. The summed E-state index contributed by atoms with van der Waals surface area (Å²) in [5.74, 6) is 0.674. The van der Waals surface area contributed by atoms with Gasteiger partial charge in [0, 0.05) is 13.6 Å². The Kier molecular flexibility index (Phi) is 6.01. The van der Waals surface area contributed by atoms with Gasteiger partial charge < -0.3 is 9.47 Å². The summed E-state index contributed by atoms with van der Waals surface area (Å²) in [6, 6.07) is -0.325. The predicted octanol–water partition coefficient (Wildman–Crippen LogP) is 1.41. The van der Waals surface area contributed by atoms with E-state index in [2.05, 4.69) is 17.3 Å². The van der Waals surface area contributed by atoms with Crippen LogP contribution in [-0.2, 0) is 23.1 Å². The molecule has 2 unspecified atom stereocenters. The van der Waals surface area contributed by atoms with Crippen molar-refractivity contribution >= 4 is 5.97 Å². The zero-order valence-electron chi connectivity index (χ0n) is 13.2. The number of carbonyl (C=O) groups is 1. The third-order valence-corrected chi connectivity index (χ3v) is 3.65. The van der Waals surface area contributed by atoms with Crippen LogP contribution in [0, 0.1) is 12.8 Å². The summed E-state index contributed by atoms with van der Waals surface area (Å²) >= 11 is 0. The molecule has 1 aromatic rings. The van der Waals surface area contributed by atoms with Gasteiger partial charge in [0.2, 0.25) is 5.88 Å². The third-order valence-electron chi connectivity index (χ3n) is 3.65. The molecule has 0 aliphatic rings. The van der Waals surface area contributed by atoms with Crippen LogP contribution in [0.3, 0.4) is 0 Å². The molecule has 0 saturated heterocycles. The molecular weight excluding hydrogens is 258 g/mol. The molecule has 0 bridgehead atoms. The van der Waals surface area contributed by atoms with Gasteiger partial charge in [0.05, 0.1) is 25.5 Å². The van der Waals surface area contributed by atoms with Crippen molar-refractivity contribution in [2.45, 2.75) is 39.8 Å². The molecule has 6 nitrogen and oxygen atoms in total. The average molecular weight is 283 g/mol. The number of carbonyl (C=O) groups excluding carboxylic acids is 1. The highest BCUT2D eigenvalue weighted by Gasteiger charge is 2.25. The smallest absolute Gasteiger partial charge is 0.323 e. The van der Waals surface area contributed by atoms with Crippen molar-refractivity contribution in [3.63, 3.8) is 0 Å². The predicted molar refractivity (Wildman–Crippen MR) is 76.6 cm³/mol. The standard InChI is InChI=1S/C14H25N3O3/c1-7-9(2)12(14(18)20-6)15-8-11-10(3)16-17(4)13(11)19-5/h9,12,15H,7-8H2,1-6H3. The van der Waals surface area contributed by atoms with E-state index in [9.17, 15) is 4.79 Å². The minimum atomic E-state index is -0.325. The highest BCUT2D eigenvalue weighted by atomic mass is 16.5. The minimum Gasteiger partial charge on any atom is -0.481 e. The van der Waals surface area contributed by atoms with Gasteiger partial charge in [-0.15, -0.1) is 0 Å². The van der Waals surface area contributed by atoms with Gasteiger partial charge >= 0.3 is 5.97 Å². The number of esters is 1. The summed E-state index contributed by atoms with van der Waals surface area (Å²) in [7, 11) is 4.86. The zero-order chi connectivity index (χ0) is 15.3. The Balaban J connectivity index is 2.85. The molecule has 20 heavy (non-hydrogen) atoms. The van der Waals surface area contributed by atoms with Gasteiger partial charge in [0.25, 0.3) is 0 Å². The number of nitrogens with zero attached hydrogens (tertiary/aromatic N) is 2. The van der Waals surface area contributed by atoms with Crippen LogP contribution in [0.25, 0.3) is 0 Å². The Bertz CT molecular complexity index is 457. The van der Waals surface area contributed by atoms with Crippen molar-refractivity contribution in [2.24, 2.45) is 13.0 Å². The Morgan fingerprint density at radius 1 is 1.45 bits per heavy atom. The van der Waals surface area contributed by atoms with Crippen LogP contribution in [0.15, 0.2) is 0 Å². The largest absolute Gasteiger partial charge is 0.481 e. The minimum absolute atomic E-state index is 0.199. The van der Waals surface area contributed by atoms with Crippen molar-refractivity contribution in [2.75, 3.05) is 14.2 Å². The maximum atomic E-state index is 11.8. The summed E-state index contributed by atoms with van der Waals surface area (Å²) in [4.78, 5) is 11.8. The van der Waals surface area contributed by atoms with E-state index >= 15 is 0 Å². The van der Waals surface area contributed by atoms with E-state index in [1.165, 1.54) is 7.11 Å². The Labute approximate surface area is 120 Å². The van der Waals surface area contributed by atoms with Crippen LogP contribution in [0.4, 0.5) is 0 Å². The van der Waals surface area contributed by atoms with Crippen molar-refractivity contribution in [1.82, 2.24) is 15.1 Å². The maximum absolute atomic E-state index is 11.8. The molecule has 1 N–H and O–H groups in total. The van der Waals surface area contributed by atoms with Crippen molar-refractivity contribution < 1.29 is 14.3 Å². The van der Waals surface area contributed by atoms with Crippen molar-refractivity contribution in [1.29, 1.82) is 0 Å². The Morgan fingerprint density at radius 3 is 2.60 bits per heavy atom. The van der Waals surface area contributed by atoms with Crippen molar-refractivity contribution in [3.05, 3.63) is 11.3 Å². The highest BCUT2D eigenvalue weighted by molar-refractivity contribution is 5.76. The molecule has 0 aromatic carbocycles. The molecule has 0 spiro atoms. The molecule has 0 saturated carbocycles. The lowest BCUT2D eigenvalue weighted by atomic mass is 9.99. The number of nitrogens with one attached hydrogen (secondary N) is 1. The second-order valence-electron chi connectivity index (χ2n) is 4.96. The average Bonchev–Trinajstić information content (AvgIpc) is 2.71. The van der Waals surface area contributed by atoms with Crippen molar-refractivity contribution in [3.8, 4) is 5.88 Å². The van der Waals surface area contributed by atoms with Crippen LogP contribution in [0.2, 0.25) is 0 Å². The number of rotatable bonds is 7. The number of hydrogen-bond donors (Lipinski definition) is 1. The van der Waals surface area contributed by atoms with E-state index in [1.807, 2.05) is 20.9 Å². The fourth-order valence-corrected chi connectivity index (χ4v) is 2.23. The summed E-state index contributed by atoms with van der Waals surface area (Å²) in [6.07, 6.45) is 0.899. The number of ether oxygens (including phenoxy) is 2. The monoisotopic (exact) mass is 283 g/mol. The van der Waals surface area contributed by atoms with E-state index in [1.54, 1.807) is 11.8 Å². The van der Waals surface area contributed by atoms with Gasteiger partial charge in [-0.05, 0) is 12.8 Å². The van der Waals surface area contributed by atoms with Gasteiger partial charge in [-0.3, -0.25) is 10.1 Å². The molecule has 2 atom stereocenters. The molecule has 0 aliphatic heterocycles. The molecule has 1 aromatic heterocycles. The fraction of sp³-hybridized carbons (Fsp3) is 0.714. The first-order chi connectivity index (χ1) is 9.46. The molecule has 0 amide bonds. The number of hydrogen-bond acceptors (Lipinski definition) is 5. The maximum Gasteiger partial charge on any atom is 0.323 e. The third kappa shape index (κ3) is 3.50. The van der Waals surface area contributed by atoms with Crippen LogP contribution < -0.4 is 10.1 Å². The molecule has 6 heteroatoms. The lowest BCUT2D eigenvalue weighted by Gasteiger charge is -2.22. The molecule has 1 rings (SSSR count). The van der Waals surface area contributed by atoms with Crippen LogP contribution in [0.5, 0.6) is 5.88 Å². The first-order valence-electron chi connectivity index (χ1n) is 6.83.